The number of aromatic nitrogens is 3. The Hall–Kier alpha value is -8.37. The predicted molar refractivity (Wildman–Crippen MR) is 232 cm³/mol. The highest BCUT2D eigenvalue weighted by Crippen LogP contribution is 2.41. The first-order chi connectivity index (χ1) is 28.1. The number of benzene rings is 8. The summed E-state index contributed by atoms with van der Waals surface area (Å²) in [5, 5.41) is 17.2. The van der Waals surface area contributed by atoms with Crippen molar-refractivity contribution >= 4 is 76.8 Å². The molecule has 8 aromatic carbocycles. The number of nitriles is 1. The van der Waals surface area contributed by atoms with Crippen LogP contribution in [0.1, 0.15) is 5.56 Å². The van der Waals surface area contributed by atoms with E-state index in [1.54, 1.807) is 0 Å². The first kappa shape index (κ1) is 32.1. The average Bonchev–Trinajstić information content (AvgIpc) is 3.91. The number of fused-ring (bicyclic) bond motifs is 9. The second kappa shape index (κ2) is 12.3. The normalized spacial score (nSPS) is 11.5. The SMILES string of the molecule is [C-]#[N+]c1ccc2c(c1)c1cc([N+]#[C-])ccc1n2-c1ccc(-c2cccc(-n3c4ccccc4c4c(-n5c6ccccc6c6ccccc65)cccc43)c2)c(C#N)c1. The molecule has 0 aliphatic heterocycles. The summed E-state index contributed by atoms with van der Waals surface area (Å²) in [4.78, 5) is 7.31. The molecule has 0 spiro atoms. The second-order valence-corrected chi connectivity index (χ2v) is 14.2. The van der Waals surface area contributed by atoms with E-state index in [4.69, 9.17) is 13.1 Å². The zero-order valence-corrected chi connectivity index (χ0v) is 30.3. The van der Waals surface area contributed by atoms with Crippen LogP contribution in [0.3, 0.4) is 0 Å². The van der Waals surface area contributed by atoms with Gasteiger partial charge in [0.15, 0.2) is 11.4 Å². The van der Waals surface area contributed by atoms with E-state index in [1.165, 1.54) is 27.2 Å². The van der Waals surface area contributed by atoms with E-state index >= 15 is 0 Å². The molecule has 0 aliphatic carbocycles. The second-order valence-electron chi connectivity index (χ2n) is 14.2. The van der Waals surface area contributed by atoms with Crippen LogP contribution in [0.25, 0.3) is 103 Å². The van der Waals surface area contributed by atoms with Gasteiger partial charge in [-0.1, -0.05) is 91.0 Å². The van der Waals surface area contributed by atoms with Gasteiger partial charge in [-0.25, -0.2) is 9.69 Å². The van der Waals surface area contributed by atoms with Crippen molar-refractivity contribution in [3.8, 4) is 34.3 Å². The van der Waals surface area contributed by atoms with E-state index in [-0.39, 0.29) is 0 Å². The van der Waals surface area contributed by atoms with Gasteiger partial charge in [0, 0.05) is 32.9 Å². The summed E-state index contributed by atoms with van der Waals surface area (Å²) in [5.74, 6) is 0. The molecule has 11 aromatic rings. The van der Waals surface area contributed by atoms with Crippen molar-refractivity contribution in [1.29, 1.82) is 5.26 Å². The summed E-state index contributed by atoms with van der Waals surface area (Å²) < 4.78 is 6.84. The van der Waals surface area contributed by atoms with Crippen LogP contribution in [-0.2, 0) is 0 Å². The highest BCUT2D eigenvalue weighted by atomic mass is 15.0. The molecule has 0 atom stereocenters. The van der Waals surface area contributed by atoms with Crippen LogP contribution in [0.5, 0.6) is 0 Å². The zero-order chi connectivity index (χ0) is 38.2. The molecule has 0 radical (unpaired) electrons. The van der Waals surface area contributed by atoms with Gasteiger partial charge < -0.3 is 13.7 Å². The van der Waals surface area contributed by atoms with E-state index in [0.717, 1.165) is 66.4 Å². The predicted octanol–water partition coefficient (Wildman–Crippen LogP) is 13.6. The van der Waals surface area contributed by atoms with Crippen LogP contribution >= 0.6 is 0 Å². The first-order valence-corrected chi connectivity index (χ1v) is 18.6. The van der Waals surface area contributed by atoms with Crippen molar-refractivity contribution in [3.05, 3.63) is 198 Å². The third-order valence-electron chi connectivity index (χ3n) is 11.3. The third kappa shape index (κ3) is 4.68. The molecular formula is C51H28N6. The van der Waals surface area contributed by atoms with Crippen LogP contribution < -0.4 is 0 Å². The van der Waals surface area contributed by atoms with Gasteiger partial charge in [-0.05, 0) is 101 Å². The molecule has 6 heteroatoms. The number of hydrogen-bond donors (Lipinski definition) is 0. The van der Waals surface area contributed by atoms with Crippen LogP contribution in [0.2, 0.25) is 0 Å². The lowest BCUT2D eigenvalue weighted by molar-refractivity contribution is 1.17. The number of hydrogen-bond acceptors (Lipinski definition) is 1. The van der Waals surface area contributed by atoms with E-state index < -0.39 is 0 Å². The Morgan fingerprint density at radius 1 is 0.421 bits per heavy atom. The number of nitrogens with zero attached hydrogens (tertiary/aromatic N) is 6. The van der Waals surface area contributed by atoms with Crippen molar-refractivity contribution in [3.63, 3.8) is 0 Å². The van der Waals surface area contributed by atoms with Crippen LogP contribution in [0, 0.1) is 24.5 Å². The summed E-state index contributed by atoms with van der Waals surface area (Å²) in [6.07, 6.45) is 0. The molecule has 57 heavy (non-hydrogen) atoms. The van der Waals surface area contributed by atoms with Crippen molar-refractivity contribution < 1.29 is 0 Å². The Balaban J connectivity index is 1.09. The Bertz CT molecular complexity index is 3500. The molecule has 0 amide bonds. The smallest absolute Gasteiger partial charge is 0.188 e. The van der Waals surface area contributed by atoms with Gasteiger partial charge in [-0.2, -0.15) is 5.26 Å². The van der Waals surface area contributed by atoms with Crippen LogP contribution in [0.4, 0.5) is 11.4 Å². The molecule has 0 aliphatic rings. The first-order valence-electron chi connectivity index (χ1n) is 18.6. The van der Waals surface area contributed by atoms with Gasteiger partial charge in [-0.3, -0.25) is 0 Å². The van der Waals surface area contributed by atoms with Crippen molar-refractivity contribution in [2.75, 3.05) is 0 Å². The van der Waals surface area contributed by atoms with E-state index in [0.29, 0.717) is 16.9 Å². The molecule has 262 valence electrons. The van der Waals surface area contributed by atoms with Gasteiger partial charge in [0.2, 0.25) is 0 Å². The lowest BCUT2D eigenvalue weighted by Gasteiger charge is -2.14. The van der Waals surface area contributed by atoms with Crippen molar-refractivity contribution in [2.24, 2.45) is 0 Å². The summed E-state index contributed by atoms with van der Waals surface area (Å²) >= 11 is 0. The molecule has 0 saturated carbocycles. The van der Waals surface area contributed by atoms with Crippen molar-refractivity contribution in [2.45, 2.75) is 0 Å². The van der Waals surface area contributed by atoms with Crippen LogP contribution in [0.15, 0.2) is 170 Å². The minimum Gasteiger partial charge on any atom is -0.309 e. The standard InChI is InChI=1S/C51H28N6/c1-53-34-21-25-47-42(29-34)43-30-35(54-2)22-26-48(43)55(47)37-23-24-38(33(28-37)31-52)32-11-9-12-36(27-32)56-46-18-8-5-15-41(46)51-49(56)19-10-20-50(51)57-44-16-6-3-13-39(44)40-14-4-7-17-45(40)57/h3-30H. The van der Waals surface area contributed by atoms with Crippen molar-refractivity contribution in [1.82, 2.24) is 13.7 Å². The Morgan fingerprint density at radius 2 is 0.947 bits per heavy atom. The van der Waals surface area contributed by atoms with E-state index in [9.17, 15) is 5.26 Å². The Labute approximate surface area is 327 Å². The molecule has 0 fully saturated rings. The topological polar surface area (TPSA) is 47.3 Å². The summed E-state index contributed by atoms with van der Waals surface area (Å²) in [6.45, 7) is 15.2. The molecule has 0 saturated heterocycles. The van der Waals surface area contributed by atoms with Gasteiger partial charge in [0.05, 0.1) is 63.6 Å². The zero-order valence-electron chi connectivity index (χ0n) is 30.3. The lowest BCUT2D eigenvalue weighted by atomic mass is 9.99. The van der Waals surface area contributed by atoms with E-state index in [2.05, 4.69) is 145 Å². The largest absolute Gasteiger partial charge is 0.309 e. The van der Waals surface area contributed by atoms with Gasteiger partial charge >= 0.3 is 0 Å². The minimum atomic E-state index is 0.536. The molecule has 0 unspecified atom stereocenters. The molecular weight excluding hydrogens is 697 g/mol. The van der Waals surface area contributed by atoms with E-state index in [1.807, 2.05) is 54.6 Å². The number of rotatable bonds is 4. The maximum atomic E-state index is 10.6. The minimum absolute atomic E-state index is 0.536. The molecule has 6 nitrogen and oxygen atoms in total. The van der Waals surface area contributed by atoms with Gasteiger partial charge in [0.1, 0.15) is 0 Å². The van der Waals surface area contributed by atoms with Gasteiger partial charge in [0.25, 0.3) is 0 Å². The lowest BCUT2D eigenvalue weighted by Crippen LogP contribution is -1.98. The highest BCUT2D eigenvalue weighted by Gasteiger charge is 2.20. The fourth-order valence-electron chi connectivity index (χ4n) is 8.89. The maximum absolute atomic E-state index is 10.6. The fourth-order valence-corrected chi connectivity index (χ4v) is 8.89. The quantitative estimate of drug-likeness (QED) is 0.167. The Kier molecular flexibility index (Phi) is 6.95. The molecule has 3 aromatic heterocycles. The molecule has 3 heterocycles. The van der Waals surface area contributed by atoms with Crippen LogP contribution in [-0.4, -0.2) is 13.7 Å². The molecule has 0 bridgehead atoms. The third-order valence-corrected chi connectivity index (χ3v) is 11.3. The maximum Gasteiger partial charge on any atom is 0.188 e. The summed E-state index contributed by atoms with van der Waals surface area (Å²) in [6, 6.07) is 60.6. The summed E-state index contributed by atoms with van der Waals surface area (Å²) in [7, 11) is 0. The Morgan fingerprint density at radius 3 is 1.58 bits per heavy atom. The fraction of sp³-hybridized carbons (Fsp3) is 0. The average molecular weight is 725 g/mol. The number of para-hydroxylation sites is 3. The van der Waals surface area contributed by atoms with Gasteiger partial charge in [-0.15, -0.1) is 0 Å². The highest BCUT2D eigenvalue weighted by molar-refractivity contribution is 6.16. The molecule has 0 N–H and O–H groups in total. The monoisotopic (exact) mass is 724 g/mol. The molecule has 11 rings (SSSR count). The summed E-state index contributed by atoms with van der Waals surface area (Å²) in [5.41, 5.74) is 12.7.